The van der Waals surface area contributed by atoms with Crippen LogP contribution in [0.3, 0.4) is 0 Å². The minimum absolute atomic E-state index is 0.0301. The lowest BCUT2D eigenvalue weighted by molar-refractivity contribution is 0.0974. The summed E-state index contributed by atoms with van der Waals surface area (Å²) >= 11 is 0. The molecule has 0 aliphatic heterocycles. The normalized spacial score (nSPS) is 12.1. The maximum absolute atomic E-state index is 12.1. The third kappa shape index (κ3) is 3.02. The van der Waals surface area contributed by atoms with Crippen LogP contribution < -0.4 is 5.73 Å². The molecule has 1 unspecified atom stereocenters. The molecule has 0 spiro atoms. The highest BCUT2D eigenvalue weighted by Gasteiger charge is 2.13. The van der Waals surface area contributed by atoms with Crippen LogP contribution in [0.2, 0.25) is 0 Å². The first-order chi connectivity index (χ1) is 8.66. The Morgan fingerprint density at radius 3 is 2.67 bits per heavy atom. The molecule has 2 N–H and O–H groups in total. The quantitative estimate of drug-likeness (QED) is 0.836. The summed E-state index contributed by atoms with van der Waals surface area (Å²) in [4.78, 5) is 16.1. The number of nitrogens with zero attached hydrogens (tertiary/aromatic N) is 1. The van der Waals surface area contributed by atoms with Gasteiger partial charge >= 0.3 is 0 Å². The van der Waals surface area contributed by atoms with Gasteiger partial charge in [-0.25, -0.2) is 0 Å². The molecule has 0 aliphatic rings. The third-order valence-electron chi connectivity index (χ3n) is 2.83. The molecule has 0 amide bonds. The van der Waals surface area contributed by atoms with Crippen molar-refractivity contribution in [3.8, 4) is 0 Å². The van der Waals surface area contributed by atoms with Crippen molar-refractivity contribution in [3.63, 3.8) is 0 Å². The molecule has 0 saturated carbocycles. The molecule has 1 heterocycles. The van der Waals surface area contributed by atoms with E-state index in [1.165, 1.54) is 0 Å². The molecule has 92 valence electrons. The van der Waals surface area contributed by atoms with Gasteiger partial charge in [0.15, 0.2) is 5.78 Å². The highest BCUT2D eigenvalue weighted by Crippen LogP contribution is 2.16. The second kappa shape index (κ2) is 5.56. The number of rotatable bonds is 4. The van der Waals surface area contributed by atoms with E-state index in [9.17, 15) is 4.79 Å². The van der Waals surface area contributed by atoms with Gasteiger partial charge in [0, 0.05) is 30.4 Å². The van der Waals surface area contributed by atoms with Crippen LogP contribution in [0.1, 0.15) is 33.9 Å². The predicted molar refractivity (Wildman–Crippen MR) is 71.3 cm³/mol. The molecule has 3 heteroatoms. The van der Waals surface area contributed by atoms with E-state index in [0.717, 1.165) is 11.1 Å². The summed E-state index contributed by atoms with van der Waals surface area (Å²) in [6.45, 7) is 1.92. The number of carbonyl (C=O) groups is 1. The summed E-state index contributed by atoms with van der Waals surface area (Å²) in [6, 6.07) is 11.2. The standard InChI is InChI=1S/C15H16N2O/c1-11-7-13(10-17-9-11)15(18)8-14(16)12-5-3-2-4-6-12/h2-7,9-10,14H,8,16H2,1H3. The lowest BCUT2D eigenvalue weighted by Gasteiger charge is -2.11. The number of nitrogens with two attached hydrogens (primary N) is 1. The van der Waals surface area contributed by atoms with Gasteiger partial charge in [0.2, 0.25) is 0 Å². The molecule has 1 aromatic heterocycles. The minimum Gasteiger partial charge on any atom is -0.324 e. The van der Waals surface area contributed by atoms with Crippen molar-refractivity contribution in [2.24, 2.45) is 5.73 Å². The Hall–Kier alpha value is -2.00. The number of hydrogen-bond donors (Lipinski definition) is 1. The van der Waals surface area contributed by atoms with Crippen molar-refractivity contribution in [2.45, 2.75) is 19.4 Å². The summed E-state index contributed by atoms with van der Waals surface area (Å²) in [7, 11) is 0. The van der Waals surface area contributed by atoms with E-state index in [-0.39, 0.29) is 11.8 Å². The van der Waals surface area contributed by atoms with Gasteiger partial charge in [0.1, 0.15) is 0 Å². The Balaban J connectivity index is 2.08. The first-order valence-corrected chi connectivity index (χ1v) is 5.92. The van der Waals surface area contributed by atoms with Gasteiger partial charge in [-0.15, -0.1) is 0 Å². The second-order valence-corrected chi connectivity index (χ2v) is 4.40. The van der Waals surface area contributed by atoms with Crippen molar-refractivity contribution in [2.75, 3.05) is 0 Å². The lowest BCUT2D eigenvalue weighted by Crippen LogP contribution is -2.15. The maximum atomic E-state index is 12.1. The number of pyridine rings is 1. The van der Waals surface area contributed by atoms with E-state index in [1.807, 2.05) is 43.3 Å². The van der Waals surface area contributed by atoms with Gasteiger partial charge in [-0.3, -0.25) is 9.78 Å². The summed E-state index contributed by atoms with van der Waals surface area (Å²) < 4.78 is 0. The average molecular weight is 240 g/mol. The Bertz CT molecular complexity index is 537. The molecular formula is C15H16N2O. The van der Waals surface area contributed by atoms with Crippen LogP contribution in [0, 0.1) is 6.92 Å². The summed E-state index contributed by atoms with van der Waals surface area (Å²) in [6.07, 6.45) is 3.62. The first-order valence-electron chi connectivity index (χ1n) is 5.92. The highest BCUT2D eigenvalue weighted by molar-refractivity contribution is 5.96. The summed E-state index contributed by atoms with van der Waals surface area (Å²) in [5.41, 5.74) is 8.62. The van der Waals surface area contributed by atoms with E-state index in [4.69, 9.17) is 5.73 Å². The zero-order valence-electron chi connectivity index (χ0n) is 10.3. The molecule has 1 atom stereocenters. The first kappa shape index (κ1) is 12.5. The van der Waals surface area contributed by atoms with E-state index >= 15 is 0 Å². The van der Waals surface area contributed by atoms with E-state index in [1.54, 1.807) is 12.4 Å². The van der Waals surface area contributed by atoms with Crippen LogP contribution in [0.4, 0.5) is 0 Å². The maximum Gasteiger partial charge on any atom is 0.166 e. The number of Topliss-reactive ketones (excluding diaryl/α,β-unsaturated/α-hetero) is 1. The molecule has 0 fully saturated rings. The molecular weight excluding hydrogens is 224 g/mol. The lowest BCUT2D eigenvalue weighted by atomic mass is 9.99. The Morgan fingerprint density at radius 1 is 1.28 bits per heavy atom. The molecule has 1 aromatic carbocycles. The minimum atomic E-state index is -0.265. The molecule has 0 saturated heterocycles. The summed E-state index contributed by atoms with van der Waals surface area (Å²) in [5.74, 6) is 0.0301. The number of aromatic nitrogens is 1. The van der Waals surface area contributed by atoms with Crippen LogP contribution in [-0.4, -0.2) is 10.8 Å². The zero-order chi connectivity index (χ0) is 13.0. The van der Waals surface area contributed by atoms with E-state index in [0.29, 0.717) is 12.0 Å². The number of ketones is 1. The molecule has 0 radical (unpaired) electrons. The van der Waals surface area contributed by atoms with Gasteiger partial charge in [-0.1, -0.05) is 30.3 Å². The zero-order valence-corrected chi connectivity index (χ0v) is 10.3. The van der Waals surface area contributed by atoms with Crippen LogP contribution in [0.25, 0.3) is 0 Å². The van der Waals surface area contributed by atoms with Gasteiger partial charge in [-0.2, -0.15) is 0 Å². The van der Waals surface area contributed by atoms with Crippen LogP contribution in [-0.2, 0) is 0 Å². The fourth-order valence-corrected chi connectivity index (χ4v) is 1.84. The van der Waals surface area contributed by atoms with E-state index in [2.05, 4.69) is 4.98 Å². The fourth-order valence-electron chi connectivity index (χ4n) is 1.84. The number of aryl methyl sites for hydroxylation is 1. The number of benzene rings is 1. The van der Waals surface area contributed by atoms with Gasteiger partial charge < -0.3 is 5.73 Å². The molecule has 0 bridgehead atoms. The van der Waals surface area contributed by atoms with Gasteiger partial charge in [0.05, 0.1) is 0 Å². The molecule has 3 nitrogen and oxygen atoms in total. The second-order valence-electron chi connectivity index (χ2n) is 4.40. The van der Waals surface area contributed by atoms with Crippen LogP contribution in [0.15, 0.2) is 48.8 Å². The van der Waals surface area contributed by atoms with Crippen molar-refractivity contribution in [1.82, 2.24) is 4.98 Å². The average Bonchev–Trinajstić information content (AvgIpc) is 2.39. The van der Waals surface area contributed by atoms with Crippen LogP contribution >= 0.6 is 0 Å². The summed E-state index contributed by atoms with van der Waals surface area (Å²) in [5, 5.41) is 0. The molecule has 2 rings (SSSR count). The van der Waals surface area contributed by atoms with Gasteiger partial charge in [-0.05, 0) is 24.1 Å². The van der Waals surface area contributed by atoms with Crippen molar-refractivity contribution >= 4 is 5.78 Å². The van der Waals surface area contributed by atoms with Gasteiger partial charge in [0.25, 0.3) is 0 Å². The number of carbonyl (C=O) groups excluding carboxylic acids is 1. The molecule has 18 heavy (non-hydrogen) atoms. The van der Waals surface area contributed by atoms with Crippen LogP contribution in [0.5, 0.6) is 0 Å². The van der Waals surface area contributed by atoms with Crippen molar-refractivity contribution < 1.29 is 4.79 Å². The fraction of sp³-hybridized carbons (Fsp3) is 0.200. The van der Waals surface area contributed by atoms with Crippen molar-refractivity contribution in [1.29, 1.82) is 0 Å². The predicted octanol–water partition coefficient (Wildman–Crippen LogP) is 2.66. The monoisotopic (exact) mass is 240 g/mol. The smallest absolute Gasteiger partial charge is 0.166 e. The Morgan fingerprint density at radius 2 is 2.00 bits per heavy atom. The molecule has 0 aliphatic carbocycles. The largest absolute Gasteiger partial charge is 0.324 e. The Kier molecular flexibility index (Phi) is 3.85. The highest BCUT2D eigenvalue weighted by atomic mass is 16.1. The van der Waals surface area contributed by atoms with E-state index < -0.39 is 0 Å². The third-order valence-corrected chi connectivity index (χ3v) is 2.83. The van der Waals surface area contributed by atoms with Crippen molar-refractivity contribution in [3.05, 3.63) is 65.5 Å². The number of hydrogen-bond acceptors (Lipinski definition) is 3. The molecule has 2 aromatic rings. The SMILES string of the molecule is Cc1cncc(C(=O)CC(N)c2ccccc2)c1. The topological polar surface area (TPSA) is 56.0 Å². The Labute approximate surface area is 107 Å².